The van der Waals surface area contributed by atoms with Gasteiger partial charge in [0.15, 0.2) is 0 Å². The summed E-state index contributed by atoms with van der Waals surface area (Å²) in [5.74, 6) is -1.37. The molecule has 27 heavy (non-hydrogen) atoms. The molecule has 1 N–H and O–H groups in total. The number of carbonyl (C=O) groups is 2. The van der Waals surface area contributed by atoms with Crippen molar-refractivity contribution in [2.75, 3.05) is 19.8 Å². The number of nitrogens with zero attached hydrogens (tertiary/aromatic N) is 1. The third-order valence-electron chi connectivity index (χ3n) is 4.74. The van der Waals surface area contributed by atoms with E-state index in [9.17, 15) is 14.0 Å². The highest BCUT2D eigenvalue weighted by Gasteiger charge is 2.28. The van der Waals surface area contributed by atoms with E-state index in [1.807, 2.05) is 13.0 Å². The minimum Gasteiger partial charge on any atom is -0.481 e. The molecular weight excluding hydrogens is 369 g/mol. The van der Waals surface area contributed by atoms with Crippen LogP contribution in [-0.2, 0) is 9.53 Å². The summed E-state index contributed by atoms with van der Waals surface area (Å²) in [6.07, 6.45) is 1.33. The number of carboxylic acid groups (broad SMARTS) is 1. The van der Waals surface area contributed by atoms with Crippen LogP contribution in [0.2, 0.25) is 0 Å². The van der Waals surface area contributed by atoms with Gasteiger partial charge in [0.05, 0.1) is 11.3 Å². The quantitative estimate of drug-likeness (QED) is 0.809. The van der Waals surface area contributed by atoms with E-state index in [4.69, 9.17) is 9.84 Å². The second kappa shape index (κ2) is 8.63. The number of rotatable bonds is 6. The molecule has 0 aliphatic carbocycles. The Bertz CT molecular complexity index is 812. The molecule has 3 rings (SSSR count). The average Bonchev–Trinajstić information content (AvgIpc) is 3.05. The molecule has 1 aliphatic heterocycles. The number of ether oxygens (including phenoxy) is 1. The van der Waals surface area contributed by atoms with Gasteiger partial charge in [0.2, 0.25) is 0 Å². The molecule has 0 atom stereocenters. The Labute approximate surface area is 161 Å². The van der Waals surface area contributed by atoms with Gasteiger partial charge < -0.3 is 14.7 Å². The number of halogens is 1. The maximum absolute atomic E-state index is 13.2. The van der Waals surface area contributed by atoms with Gasteiger partial charge in [0, 0.05) is 30.7 Å². The summed E-state index contributed by atoms with van der Waals surface area (Å²) in [6.45, 7) is 3.26. The first-order valence-corrected chi connectivity index (χ1v) is 9.74. The molecule has 1 aromatic heterocycles. The maximum atomic E-state index is 13.2. The fraction of sp³-hybridized carbons (Fsp3) is 0.400. The van der Waals surface area contributed by atoms with Crippen molar-refractivity contribution in [2.24, 2.45) is 0 Å². The number of hydrogen-bond donors (Lipinski definition) is 1. The largest absolute Gasteiger partial charge is 0.481 e. The Morgan fingerprint density at radius 3 is 2.56 bits per heavy atom. The third-order valence-corrected chi connectivity index (χ3v) is 5.78. The minimum atomic E-state index is -0.922. The fourth-order valence-corrected chi connectivity index (χ4v) is 4.31. The Balaban J connectivity index is 1.85. The van der Waals surface area contributed by atoms with Crippen LogP contribution in [0, 0.1) is 12.7 Å². The smallest absolute Gasteiger partial charge is 0.305 e. The van der Waals surface area contributed by atoms with Crippen molar-refractivity contribution in [3.8, 4) is 11.1 Å². The number of carboxylic acids is 1. The molecular formula is C20H22FNO4S. The van der Waals surface area contributed by atoms with Gasteiger partial charge in [-0.1, -0.05) is 12.1 Å². The van der Waals surface area contributed by atoms with Gasteiger partial charge in [0.25, 0.3) is 5.91 Å². The van der Waals surface area contributed by atoms with Crippen molar-refractivity contribution < 1.29 is 23.8 Å². The van der Waals surface area contributed by atoms with Crippen LogP contribution >= 0.6 is 11.3 Å². The third kappa shape index (κ3) is 4.73. The van der Waals surface area contributed by atoms with E-state index in [-0.39, 0.29) is 30.7 Å². The van der Waals surface area contributed by atoms with E-state index in [1.54, 1.807) is 17.0 Å². The van der Waals surface area contributed by atoms with Crippen LogP contribution in [0.3, 0.4) is 0 Å². The fourth-order valence-electron chi connectivity index (χ4n) is 3.31. The summed E-state index contributed by atoms with van der Waals surface area (Å²) in [5.41, 5.74) is 1.75. The van der Waals surface area contributed by atoms with Crippen LogP contribution in [0.1, 0.15) is 33.8 Å². The minimum absolute atomic E-state index is 0.0118. The summed E-state index contributed by atoms with van der Waals surface area (Å²) < 4.78 is 18.6. The molecule has 1 fully saturated rings. The Morgan fingerprint density at radius 1 is 1.26 bits per heavy atom. The van der Waals surface area contributed by atoms with Crippen molar-refractivity contribution in [1.82, 2.24) is 4.90 Å². The maximum Gasteiger partial charge on any atom is 0.305 e. The summed E-state index contributed by atoms with van der Waals surface area (Å²) >= 11 is 1.38. The van der Waals surface area contributed by atoms with Crippen molar-refractivity contribution in [2.45, 2.75) is 32.2 Å². The highest BCUT2D eigenvalue weighted by Crippen LogP contribution is 2.32. The number of carbonyl (C=O) groups excluding carboxylic acids is 1. The normalized spacial score (nSPS) is 14.9. The van der Waals surface area contributed by atoms with Gasteiger partial charge >= 0.3 is 5.97 Å². The van der Waals surface area contributed by atoms with Gasteiger partial charge in [-0.05, 0) is 49.1 Å². The Morgan fingerprint density at radius 2 is 1.93 bits per heavy atom. The van der Waals surface area contributed by atoms with Gasteiger partial charge in [-0.2, -0.15) is 0 Å². The number of aryl methyl sites for hydroxylation is 1. The Kier molecular flexibility index (Phi) is 6.23. The molecule has 2 aromatic rings. The number of benzene rings is 1. The van der Waals surface area contributed by atoms with Crippen molar-refractivity contribution in [1.29, 1.82) is 0 Å². The van der Waals surface area contributed by atoms with Crippen LogP contribution in [0.15, 0.2) is 30.3 Å². The highest BCUT2D eigenvalue weighted by atomic mass is 32.1. The topological polar surface area (TPSA) is 66.8 Å². The predicted octanol–water partition coefficient (Wildman–Crippen LogP) is 3.96. The second-order valence-corrected chi connectivity index (χ2v) is 7.83. The van der Waals surface area contributed by atoms with Crippen LogP contribution < -0.4 is 0 Å². The first-order valence-electron chi connectivity index (χ1n) is 8.92. The van der Waals surface area contributed by atoms with E-state index >= 15 is 0 Å². The lowest BCUT2D eigenvalue weighted by atomic mass is 10.0. The first kappa shape index (κ1) is 19.5. The van der Waals surface area contributed by atoms with E-state index in [2.05, 4.69) is 0 Å². The monoisotopic (exact) mass is 391 g/mol. The molecule has 0 saturated carbocycles. The van der Waals surface area contributed by atoms with E-state index in [0.29, 0.717) is 30.9 Å². The van der Waals surface area contributed by atoms with Crippen LogP contribution in [-0.4, -0.2) is 47.7 Å². The molecule has 144 valence electrons. The Hall–Kier alpha value is -2.25. The summed E-state index contributed by atoms with van der Waals surface area (Å²) in [7, 11) is 0. The standard InChI is InChI=1S/C20H22FNO4S/c1-13-17(14-2-4-15(21)5-3-14)12-18(27-13)20(25)22(9-6-19(23)24)16-7-10-26-11-8-16/h2-5,12,16H,6-11H2,1H3,(H,23,24). The lowest BCUT2D eigenvalue weighted by Gasteiger charge is -2.33. The predicted molar refractivity (Wildman–Crippen MR) is 102 cm³/mol. The van der Waals surface area contributed by atoms with Gasteiger partial charge in [-0.25, -0.2) is 4.39 Å². The van der Waals surface area contributed by atoms with Gasteiger partial charge in [-0.15, -0.1) is 11.3 Å². The highest BCUT2D eigenvalue weighted by molar-refractivity contribution is 7.14. The average molecular weight is 391 g/mol. The number of aliphatic carboxylic acids is 1. The molecule has 5 nitrogen and oxygen atoms in total. The van der Waals surface area contributed by atoms with E-state index in [1.165, 1.54) is 23.5 Å². The second-order valence-electron chi connectivity index (χ2n) is 6.57. The van der Waals surface area contributed by atoms with Crippen LogP contribution in [0.5, 0.6) is 0 Å². The molecule has 7 heteroatoms. The molecule has 0 spiro atoms. The van der Waals surface area contributed by atoms with E-state index < -0.39 is 5.97 Å². The molecule has 2 heterocycles. The molecule has 1 saturated heterocycles. The zero-order valence-electron chi connectivity index (χ0n) is 15.1. The molecule has 1 aliphatic rings. The van der Waals surface area contributed by atoms with Crippen molar-refractivity contribution >= 4 is 23.2 Å². The van der Waals surface area contributed by atoms with E-state index in [0.717, 1.165) is 16.0 Å². The lowest BCUT2D eigenvalue weighted by Crippen LogP contribution is -2.44. The molecule has 0 radical (unpaired) electrons. The molecule has 0 bridgehead atoms. The summed E-state index contributed by atoms with van der Waals surface area (Å²) in [6, 6.07) is 7.99. The van der Waals surface area contributed by atoms with Gasteiger partial charge in [0.1, 0.15) is 5.82 Å². The molecule has 1 aromatic carbocycles. The summed E-state index contributed by atoms with van der Waals surface area (Å²) in [4.78, 5) is 27.4. The van der Waals surface area contributed by atoms with Crippen LogP contribution in [0.4, 0.5) is 4.39 Å². The van der Waals surface area contributed by atoms with Crippen molar-refractivity contribution in [3.05, 3.63) is 45.9 Å². The first-order chi connectivity index (χ1) is 13.0. The number of hydrogen-bond acceptors (Lipinski definition) is 4. The SMILES string of the molecule is Cc1sc(C(=O)N(CCC(=O)O)C2CCOCC2)cc1-c1ccc(F)cc1. The van der Waals surface area contributed by atoms with Crippen LogP contribution in [0.25, 0.3) is 11.1 Å². The molecule has 1 amide bonds. The van der Waals surface area contributed by atoms with Crippen molar-refractivity contribution in [3.63, 3.8) is 0 Å². The number of amides is 1. The number of thiophene rings is 1. The summed E-state index contributed by atoms with van der Waals surface area (Å²) in [5, 5.41) is 9.04. The lowest BCUT2D eigenvalue weighted by molar-refractivity contribution is -0.137. The zero-order chi connectivity index (χ0) is 19.4. The van der Waals surface area contributed by atoms with Gasteiger partial charge in [-0.3, -0.25) is 9.59 Å². The zero-order valence-corrected chi connectivity index (χ0v) is 15.9. The molecule has 0 unspecified atom stereocenters.